The molecular formula is C19H13Cl2N3OS. The Morgan fingerprint density at radius 2 is 1.77 bits per heavy atom. The number of hydrogen-bond donors (Lipinski definition) is 0. The van der Waals surface area contributed by atoms with Crippen molar-refractivity contribution in [3.63, 3.8) is 0 Å². The van der Waals surface area contributed by atoms with Crippen molar-refractivity contribution in [3.8, 4) is 11.3 Å². The van der Waals surface area contributed by atoms with Crippen molar-refractivity contribution in [2.45, 2.75) is 11.7 Å². The molecule has 0 bridgehead atoms. The molecule has 2 heterocycles. The van der Waals surface area contributed by atoms with Crippen LogP contribution in [0.1, 0.15) is 16.1 Å². The Hall–Kier alpha value is -2.08. The predicted molar refractivity (Wildman–Crippen MR) is 106 cm³/mol. The van der Waals surface area contributed by atoms with E-state index in [0.29, 0.717) is 33.1 Å². The summed E-state index contributed by atoms with van der Waals surface area (Å²) < 4.78 is 0. The maximum absolute atomic E-state index is 13.0. The summed E-state index contributed by atoms with van der Waals surface area (Å²) in [5.41, 5.74) is 3.45. The quantitative estimate of drug-likeness (QED) is 0.439. The minimum atomic E-state index is -0.129. The fraction of sp³-hybridized carbons (Fsp3) is 0.105. The molecule has 1 aliphatic rings. The molecule has 0 spiro atoms. The highest BCUT2D eigenvalue weighted by Gasteiger charge is 2.34. The van der Waals surface area contributed by atoms with Gasteiger partial charge in [-0.1, -0.05) is 53.2 Å². The summed E-state index contributed by atoms with van der Waals surface area (Å²) in [7, 11) is 0. The van der Waals surface area contributed by atoms with Gasteiger partial charge in [0.2, 0.25) is 0 Å². The number of carbonyl (C=O) groups excluding carboxylic acids is 1. The van der Waals surface area contributed by atoms with Crippen LogP contribution in [-0.4, -0.2) is 22.1 Å². The number of thioether (sulfide) groups is 1. The third-order valence-corrected chi connectivity index (χ3v) is 5.28. The minimum absolute atomic E-state index is 0.129. The van der Waals surface area contributed by atoms with Crippen molar-refractivity contribution in [1.82, 2.24) is 9.97 Å². The van der Waals surface area contributed by atoms with E-state index in [4.69, 9.17) is 23.2 Å². The summed E-state index contributed by atoms with van der Waals surface area (Å²) in [6, 6.07) is 14.8. The standard InChI is InChI=1S/C19H13Cl2N3OS/c1-26-19-22-16(13-8-7-11(20)9-15(13)21)14-10-24(18(25)17(14)23-19)12-5-3-2-4-6-12/h2-9H,10H2,1H3. The van der Waals surface area contributed by atoms with Gasteiger partial charge in [-0.05, 0) is 36.6 Å². The molecule has 4 rings (SSSR count). The molecule has 0 saturated carbocycles. The molecular weight excluding hydrogens is 389 g/mol. The first-order valence-corrected chi connectivity index (χ1v) is 9.84. The molecule has 2 aromatic carbocycles. The second kappa shape index (κ2) is 6.91. The van der Waals surface area contributed by atoms with Crippen LogP contribution in [0.15, 0.2) is 53.7 Å². The Labute approximate surface area is 165 Å². The van der Waals surface area contributed by atoms with Gasteiger partial charge in [0.15, 0.2) is 5.16 Å². The van der Waals surface area contributed by atoms with E-state index in [9.17, 15) is 4.79 Å². The van der Waals surface area contributed by atoms with Gasteiger partial charge in [-0.2, -0.15) is 0 Å². The van der Waals surface area contributed by atoms with E-state index in [1.165, 1.54) is 11.8 Å². The average Bonchev–Trinajstić information content (AvgIpc) is 2.99. The maximum Gasteiger partial charge on any atom is 0.277 e. The third-order valence-electron chi connectivity index (χ3n) is 4.19. The van der Waals surface area contributed by atoms with Crippen LogP contribution in [-0.2, 0) is 6.54 Å². The molecule has 26 heavy (non-hydrogen) atoms. The fourth-order valence-electron chi connectivity index (χ4n) is 2.96. The lowest BCUT2D eigenvalue weighted by molar-refractivity contribution is 0.0992. The average molecular weight is 402 g/mol. The Morgan fingerprint density at radius 3 is 2.46 bits per heavy atom. The fourth-order valence-corrected chi connectivity index (χ4v) is 3.82. The zero-order valence-electron chi connectivity index (χ0n) is 13.7. The first-order chi connectivity index (χ1) is 12.6. The van der Waals surface area contributed by atoms with E-state index < -0.39 is 0 Å². The second-order valence-corrected chi connectivity index (χ2v) is 7.35. The van der Waals surface area contributed by atoms with Gasteiger partial charge < -0.3 is 4.90 Å². The Morgan fingerprint density at radius 1 is 1.04 bits per heavy atom. The molecule has 0 N–H and O–H groups in total. The number of nitrogens with zero attached hydrogens (tertiary/aromatic N) is 3. The van der Waals surface area contributed by atoms with Gasteiger partial charge in [0.25, 0.3) is 5.91 Å². The van der Waals surface area contributed by atoms with Crippen molar-refractivity contribution in [2.24, 2.45) is 0 Å². The van der Waals surface area contributed by atoms with Gasteiger partial charge in [0.05, 0.1) is 17.3 Å². The van der Waals surface area contributed by atoms with Crippen LogP contribution in [0.25, 0.3) is 11.3 Å². The lowest BCUT2D eigenvalue weighted by Crippen LogP contribution is -2.23. The molecule has 130 valence electrons. The number of halogens is 2. The molecule has 1 aliphatic heterocycles. The number of rotatable bonds is 3. The van der Waals surface area contributed by atoms with E-state index in [-0.39, 0.29) is 5.91 Å². The lowest BCUT2D eigenvalue weighted by Gasteiger charge is -2.15. The van der Waals surface area contributed by atoms with E-state index >= 15 is 0 Å². The maximum atomic E-state index is 13.0. The van der Waals surface area contributed by atoms with E-state index in [0.717, 1.165) is 16.8 Å². The summed E-state index contributed by atoms with van der Waals surface area (Å²) in [5.74, 6) is -0.129. The highest BCUT2D eigenvalue weighted by Crippen LogP contribution is 2.37. The first-order valence-electron chi connectivity index (χ1n) is 7.85. The number of fused-ring (bicyclic) bond motifs is 1. The topological polar surface area (TPSA) is 46.1 Å². The van der Waals surface area contributed by atoms with Crippen LogP contribution in [0.4, 0.5) is 5.69 Å². The number of benzene rings is 2. The number of para-hydroxylation sites is 1. The van der Waals surface area contributed by atoms with Crippen LogP contribution in [0.3, 0.4) is 0 Å². The highest BCUT2D eigenvalue weighted by molar-refractivity contribution is 7.98. The van der Waals surface area contributed by atoms with Crippen LogP contribution in [0.5, 0.6) is 0 Å². The van der Waals surface area contributed by atoms with Crippen molar-refractivity contribution < 1.29 is 4.79 Å². The predicted octanol–water partition coefficient (Wildman–Crippen LogP) is 5.33. The number of hydrogen-bond acceptors (Lipinski definition) is 4. The number of carbonyl (C=O) groups is 1. The molecule has 3 aromatic rings. The molecule has 1 aromatic heterocycles. The monoisotopic (exact) mass is 401 g/mol. The molecule has 0 aliphatic carbocycles. The summed E-state index contributed by atoms with van der Waals surface area (Å²) in [4.78, 5) is 23.8. The van der Waals surface area contributed by atoms with E-state index in [1.807, 2.05) is 42.7 Å². The summed E-state index contributed by atoms with van der Waals surface area (Å²) in [6.45, 7) is 0.404. The van der Waals surface area contributed by atoms with Gasteiger partial charge in [0.1, 0.15) is 5.69 Å². The van der Waals surface area contributed by atoms with Crippen LogP contribution in [0, 0.1) is 0 Å². The lowest BCUT2D eigenvalue weighted by atomic mass is 10.1. The Balaban J connectivity index is 1.88. The molecule has 4 nitrogen and oxygen atoms in total. The Kier molecular flexibility index (Phi) is 4.61. The summed E-state index contributed by atoms with van der Waals surface area (Å²) >= 11 is 13.8. The zero-order valence-corrected chi connectivity index (χ0v) is 16.1. The van der Waals surface area contributed by atoms with Crippen LogP contribution < -0.4 is 4.90 Å². The largest absolute Gasteiger partial charge is 0.302 e. The SMILES string of the molecule is CSc1nc2c(c(-c3ccc(Cl)cc3Cl)n1)CN(c1ccccc1)C2=O. The number of amides is 1. The zero-order chi connectivity index (χ0) is 18.3. The third kappa shape index (κ3) is 2.96. The molecule has 1 amide bonds. The highest BCUT2D eigenvalue weighted by atomic mass is 35.5. The van der Waals surface area contributed by atoms with Gasteiger partial charge in [-0.15, -0.1) is 0 Å². The number of anilines is 1. The van der Waals surface area contributed by atoms with E-state index in [1.54, 1.807) is 17.0 Å². The van der Waals surface area contributed by atoms with Crippen molar-refractivity contribution >= 4 is 46.6 Å². The second-order valence-electron chi connectivity index (χ2n) is 5.74. The molecule has 0 saturated heterocycles. The first kappa shape index (κ1) is 17.3. The molecule has 0 fully saturated rings. The van der Waals surface area contributed by atoms with Crippen LogP contribution in [0.2, 0.25) is 10.0 Å². The van der Waals surface area contributed by atoms with E-state index in [2.05, 4.69) is 9.97 Å². The van der Waals surface area contributed by atoms with Crippen LogP contribution >= 0.6 is 35.0 Å². The number of aromatic nitrogens is 2. The van der Waals surface area contributed by atoms with Gasteiger partial charge in [-0.25, -0.2) is 9.97 Å². The Bertz CT molecular complexity index is 1010. The molecule has 7 heteroatoms. The van der Waals surface area contributed by atoms with Crippen molar-refractivity contribution in [2.75, 3.05) is 11.2 Å². The normalized spacial score (nSPS) is 13.2. The summed E-state index contributed by atoms with van der Waals surface area (Å²) in [6.07, 6.45) is 1.88. The van der Waals surface area contributed by atoms with Gasteiger partial charge >= 0.3 is 0 Å². The van der Waals surface area contributed by atoms with Gasteiger partial charge in [0, 0.05) is 21.8 Å². The smallest absolute Gasteiger partial charge is 0.277 e. The van der Waals surface area contributed by atoms with Crippen molar-refractivity contribution in [1.29, 1.82) is 0 Å². The molecule has 0 radical (unpaired) electrons. The molecule has 0 atom stereocenters. The van der Waals surface area contributed by atoms with Crippen molar-refractivity contribution in [3.05, 3.63) is 69.8 Å². The molecule has 0 unspecified atom stereocenters. The summed E-state index contributed by atoms with van der Waals surface area (Å²) in [5, 5.41) is 1.58. The minimum Gasteiger partial charge on any atom is -0.302 e. The van der Waals surface area contributed by atoms with Gasteiger partial charge in [-0.3, -0.25) is 4.79 Å².